The lowest BCUT2D eigenvalue weighted by atomic mass is 10.1. The number of thioether (sulfide) groups is 1. The van der Waals surface area contributed by atoms with Gasteiger partial charge in [-0.25, -0.2) is 0 Å². The normalized spacial score (nSPS) is 10.8. The first-order chi connectivity index (χ1) is 13.0. The maximum absolute atomic E-state index is 12.2. The third-order valence-corrected chi connectivity index (χ3v) is 4.65. The van der Waals surface area contributed by atoms with Crippen molar-refractivity contribution in [2.24, 2.45) is 0 Å². The van der Waals surface area contributed by atoms with E-state index in [9.17, 15) is 4.79 Å². The van der Waals surface area contributed by atoms with E-state index in [1.807, 2.05) is 48.5 Å². The summed E-state index contributed by atoms with van der Waals surface area (Å²) < 4.78 is 10.7. The zero-order chi connectivity index (χ0) is 19.2. The fourth-order valence-corrected chi connectivity index (χ4v) is 3.35. The predicted octanol–water partition coefficient (Wildman–Crippen LogP) is 4.43. The molecule has 1 amide bonds. The molecule has 0 unspecified atom stereocenters. The summed E-state index contributed by atoms with van der Waals surface area (Å²) in [6.45, 7) is 4.28. The first-order valence-electron chi connectivity index (χ1n) is 8.57. The Bertz CT molecular complexity index is 907. The molecule has 0 spiro atoms. The summed E-state index contributed by atoms with van der Waals surface area (Å²) in [7, 11) is 1.60. The van der Waals surface area contributed by atoms with Crippen LogP contribution >= 0.6 is 11.8 Å². The molecule has 2 aromatic carbocycles. The Balaban J connectivity index is 1.64. The van der Waals surface area contributed by atoms with Crippen LogP contribution in [0.3, 0.4) is 0 Å². The van der Waals surface area contributed by atoms with E-state index in [2.05, 4.69) is 29.4 Å². The fourth-order valence-electron chi connectivity index (χ4n) is 2.46. The van der Waals surface area contributed by atoms with Crippen LogP contribution in [0.5, 0.6) is 5.75 Å². The monoisotopic (exact) mass is 383 g/mol. The highest BCUT2D eigenvalue weighted by atomic mass is 32.2. The first-order valence-corrected chi connectivity index (χ1v) is 9.45. The molecule has 1 aromatic heterocycles. The summed E-state index contributed by atoms with van der Waals surface area (Å²) in [4.78, 5) is 13.3. The Morgan fingerprint density at radius 3 is 2.67 bits per heavy atom. The number of hydrogen-bond acceptors (Lipinski definition) is 6. The Labute approximate surface area is 162 Å². The molecule has 0 saturated heterocycles. The van der Waals surface area contributed by atoms with Crippen LogP contribution < -0.4 is 10.1 Å². The maximum Gasteiger partial charge on any atom is 0.322 e. The van der Waals surface area contributed by atoms with Gasteiger partial charge in [0.05, 0.1) is 13.5 Å². The van der Waals surface area contributed by atoms with E-state index in [-0.39, 0.29) is 18.3 Å². The minimum Gasteiger partial charge on any atom is -0.497 e. The molecule has 0 fully saturated rings. The Morgan fingerprint density at radius 1 is 1.19 bits per heavy atom. The minimum absolute atomic E-state index is 0.0884. The molecule has 0 aliphatic carbocycles. The second-order valence-electron chi connectivity index (χ2n) is 6.18. The number of benzene rings is 2. The van der Waals surface area contributed by atoms with Crippen LogP contribution in [0.25, 0.3) is 11.5 Å². The molecular weight excluding hydrogens is 362 g/mol. The van der Waals surface area contributed by atoms with Crippen LogP contribution in [-0.4, -0.2) is 28.5 Å². The molecule has 0 aliphatic rings. The van der Waals surface area contributed by atoms with Crippen LogP contribution in [0.1, 0.15) is 19.4 Å². The summed E-state index contributed by atoms with van der Waals surface area (Å²) in [5.74, 6) is 0.902. The van der Waals surface area contributed by atoms with E-state index < -0.39 is 0 Å². The highest BCUT2D eigenvalue weighted by Crippen LogP contribution is 2.28. The molecular formula is C20H21N3O3S. The smallest absolute Gasteiger partial charge is 0.322 e. The molecule has 1 heterocycles. The topological polar surface area (TPSA) is 77.2 Å². The molecule has 0 atom stereocenters. The second kappa shape index (κ2) is 8.73. The van der Waals surface area contributed by atoms with Crippen molar-refractivity contribution in [1.82, 2.24) is 10.2 Å². The van der Waals surface area contributed by atoms with Crippen LogP contribution in [0, 0.1) is 0 Å². The van der Waals surface area contributed by atoms with Gasteiger partial charge in [-0.15, -0.1) is 16.9 Å². The summed E-state index contributed by atoms with van der Waals surface area (Å²) in [6.07, 6.45) is 0.211. The minimum atomic E-state index is -0.223. The molecule has 0 bridgehead atoms. The van der Waals surface area contributed by atoms with Crippen molar-refractivity contribution in [3.63, 3.8) is 0 Å². The second-order valence-corrected chi connectivity index (χ2v) is 7.83. The van der Waals surface area contributed by atoms with E-state index >= 15 is 0 Å². The molecule has 140 valence electrons. The van der Waals surface area contributed by atoms with E-state index in [1.165, 1.54) is 0 Å². The van der Waals surface area contributed by atoms with Crippen molar-refractivity contribution in [3.05, 3.63) is 54.1 Å². The number of rotatable bonds is 7. The summed E-state index contributed by atoms with van der Waals surface area (Å²) in [6, 6.07) is 15.3. The molecule has 0 aliphatic heterocycles. The van der Waals surface area contributed by atoms with Gasteiger partial charge in [0.15, 0.2) is 0 Å². The number of hydrogen-bond donors (Lipinski definition) is 1. The Morgan fingerprint density at radius 2 is 1.96 bits per heavy atom. The average Bonchev–Trinajstić information content (AvgIpc) is 3.10. The van der Waals surface area contributed by atoms with Crippen molar-refractivity contribution in [2.75, 3.05) is 12.4 Å². The highest BCUT2D eigenvalue weighted by molar-refractivity contribution is 7.99. The Hall–Kier alpha value is -2.80. The number of ether oxygens (including phenoxy) is 1. The molecule has 6 nitrogen and oxygen atoms in total. The molecule has 1 N–H and O–H groups in total. The largest absolute Gasteiger partial charge is 0.497 e. The summed E-state index contributed by atoms with van der Waals surface area (Å²) in [5.41, 5.74) is 1.69. The maximum atomic E-state index is 12.2. The van der Waals surface area contributed by atoms with Gasteiger partial charge in [0.1, 0.15) is 5.75 Å². The summed E-state index contributed by atoms with van der Waals surface area (Å²) in [5, 5.41) is 11.1. The molecule has 3 aromatic rings. The third kappa shape index (κ3) is 5.34. The summed E-state index contributed by atoms with van der Waals surface area (Å²) >= 11 is 1.76. The van der Waals surface area contributed by atoms with Crippen LogP contribution in [0.4, 0.5) is 6.01 Å². The zero-order valence-electron chi connectivity index (χ0n) is 15.4. The first kappa shape index (κ1) is 19.0. The van der Waals surface area contributed by atoms with Gasteiger partial charge in [-0.1, -0.05) is 37.1 Å². The number of methoxy groups -OCH3 is 1. The van der Waals surface area contributed by atoms with E-state index in [0.29, 0.717) is 11.1 Å². The number of carbonyl (C=O) groups is 1. The lowest BCUT2D eigenvalue weighted by molar-refractivity contribution is -0.115. The molecule has 7 heteroatoms. The number of aromatic nitrogens is 2. The SMILES string of the molecule is COc1ccc(CC(=O)Nc2nnc(-c3cccc(SC(C)C)c3)o2)cc1. The number of nitrogens with zero attached hydrogens (tertiary/aromatic N) is 2. The van der Waals surface area contributed by atoms with Gasteiger partial charge in [0, 0.05) is 15.7 Å². The number of carbonyl (C=O) groups excluding carboxylic acids is 1. The van der Waals surface area contributed by atoms with Crippen LogP contribution in [-0.2, 0) is 11.2 Å². The number of amides is 1. The van der Waals surface area contributed by atoms with Crippen molar-refractivity contribution < 1.29 is 13.9 Å². The van der Waals surface area contributed by atoms with Crippen molar-refractivity contribution in [2.45, 2.75) is 30.4 Å². The van der Waals surface area contributed by atoms with Gasteiger partial charge in [0.25, 0.3) is 0 Å². The highest BCUT2D eigenvalue weighted by Gasteiger charge is 2.12. The zero-order valence-corrected chi connectivity index (χ0v) is 16.2. The van der Waals surface area contributed by atoms with Crippen molar-refractivity contribution >= 4 is 23.7 Å². The van der Waals surface area contributed by atoms with E-state index in [0.717, 1.165) is 21.8 Å². The quantitative estimate of drug-likeness (QED) is 0.608. The van der Waals surface area contributed by atoms with Gasteiger partial charge >= 0.3 is 6.01 Å². The molecule has 0 saturated carbocycles. The third-order valence-electron chi connectivity index (χ3n) is 3.65. The molecule has 27 heavy (non-hydrogen) atoms. The average molecular weight is 383 g/mol. The lowest BCUT2D eigenvalue weighted by Gasteiger charge is -2.05. The van der Waals surface area contributed by atoms with Crippen LogP contribution in [0.2, 0.25) is 0 Å². The van der Waals surface area contributed by atoms with E-state index in [1.54, 1.807) is 18.9 Å². The van der Waals surface area contributed by atoms with Gasteiger partial charge in [-0.2, -0.15) is 0 Å². The predicted molar refractivity (Wildman–Crippen MR) is 106 cm³/mol. The Kier molecular flexibility index (Phi) is 6.13. The standard InChI is InChI=1S/C20H21N3O3S/c1-13(2)27-17-6-4-5-15(12-17)19-22-23-20(26-19)21-18(24)11-14-7-9-16(25-3)10-8-14/h4-10,12-13H,11H2,1-3H3,(H,21,23,24). The number of anilines is 1. The van der Waals surface area contributed by atoms with Gasteiger partial charge in [-0.3, -0.25) is 10.1 Å². The fraction of sp³-hybridized carbons (Fsp3) is 0.250. The van der Waals surface area contributed by atoms with Gasteiger partial charge < -0.3 is 9.15 Å². The van der Waals surface area contributed by atoms with E-state index in [4.69, 9.17) is 9.15 Å². The molecule has 3 rings (SSSR count). The van der Waals surface area contributed by atoms with Gasteiger partial charge in [0.2, 0.25) is 11.8 Å². The lowest BCUT2D eigenvalue weighted by Crippen LogP contribution is -2.14. The molecule has 0 radical (unpaired) electrons. The van der Waals surface area contributed by atoms with Crippen molar-refractivity contribution in [1.29, 1.82) is 0 Å². The number of nitrogens with one attached hydrogen (secondary N) is 1. The van der Waals surface area contributed by atoms with Gasteiger partial charge in [-0.05, 0) is 35.9 Å². The van der Waals surface area contributed by atoms with Crippen molar-refractivity contribution in [3.8, 4) is 17.2 Å². The van der Waals surface area contributed by atoms with Crippen LogP contribution in [0.15, 0.2) is 57.8 Å².